The number of carbonyl (C=O) groups excluding carboxylic acids is 1. The van der Waals surface area contributed by atoms with Crippen LogP contribution in [0.15, 0.2) is 41.6 Å². The van der Waals surface area contributed by atoms with Crippen molar-refractivity contribution in [2.45, 2.75) is 39.1 Å². The monoisotopic (exact) mass is 476 g/mol. The van der Waals surface area contributed by atoms with Crippen LogP contribution in [0.4, 0.5) is 8.78 Å². The molecule has 0 unspecified atom stereocenters. The van der Waals surface area contributed by atoms with Crippen LogP contribution in [0, 0.1) is 20.8 Å². The van der Waals surface area contributed by atoms with Crippen molar-refractivity contribution < 1.29 is 23.0 Å². The molecule has 0 radical (unpaired) electrons. The maximum absolute atomic E-state index is 12.8. The van der Waals surface area contributed by atoms with E-state index >= 15 is 0 Å². The van der Waals surface area contributed by atoms with E-state index in [1.165, 1.54) is 24.9 Å². The van der Waals surface area contributed by atoms with E-state index in [9.17, 15) is 13.6 Å². The summed E-state index contributed by atoms with van der Waals surface area (Å²) in [4.78, 5) is 14.3. The molecule has 2 aromatic carbocycles. The lowest BCUT2D eigenvalue weighted by atomic mass is 10.1. The second-order valence-electron chi connectivity index (χ2n) is 7.56. The summed E-state index contributed by atoms with van der Waals surface area (Å²) in [6, 6.07) is 10.8. The summed E-state index contributed by atoms with van der Waals surface area (Å²) in [5.41, 5.74) is 3.92. The van der Waals surface area contributed by atoms with Gasteiger partial charge >= 0.3 is 6.61 Å². The van der Waals surface area contributed by atoms with Gasteiger partial charge in [-0.1, -0.05) is 30.0 Å². The summed E-state index contributed by atoms with van der Waals surface area (Å²) in [5, 5.41) is 9.07. The van der Waals surface area contributed by atoms with Crippen LogP contribution in [0.1, 0.15) is 22.5 Å². The minimum absolute atomic E-state index is 0.0538. The highest BCUT2D eigenvalue weighted by Gasteiger charge is 2.18. The van der Waals surface area contributed by atoms with Crippen molar-refractivity contribution >= 4 is 17.7 Å². The molecule has 0 N–H and O–H groups in total. The number of amides is 1. The van der Waals surface area contributed by atoms with Gasteiger partial charge in [0.15, 0.2) is 16.7 Å². The molecule has 10 heteroatoms. The van der Waals surface area contributed by atoms with Crippen LogP contribution in [0.25, 0.3) is 5.69 Å². The standard InChI is InChI=1S/C23H26F2N4O3S/c1-14-6-7-15(2)18(10-14)29-16(3)26-27-23(29)33-13-21(30)28(4)12-17-8-9-19(32-22(24)25)20(11-17)31-5/h6-11,22H,12-13H2,1-5H3. The lowest BCUT2D eigenvalue weighted by Gasteiger charge is -2.18. The molecule has 7 nitrogen and oxygen atoms in total. The number of aryl methyl sites for hydroxylation is 3. The van der Waals surface area contributed by atoms with Crippen molar-refractivity contribution in [2.24, 2.45) is 0 Å². The minimum Gasteiger partial charge on any atom is -0.493 e. The van der Waals surface area contributed by atoms with Crippen LogP contribution in [-0.2, 0) is 11.3 Å². The molecule has 0 aliphatic heterocycles. The molecule has 3 aromatic rings. The second-order valence-corrected chi connectivity index (χ2v) is 8.50. The number of methoxy groups -OCH3 is 1. The number of halogens is 2. The van der Waals surface area contributed by atoms with E-state index in [2.05, 4.69) is 21.0 Å². The summed E-state index contributed by atoms with van der Waals surface area (Å²) in [7, 11) is 3.05. The van der Waals surface area contributed by atoms with Gasteiger partial charge in [0.2, 0.25) is 5.91 Å². The van der Waals surface area contributed by atoms with Crippen molar-refractivity contribution in [1.82, 2.24) is 19.7 Å². The van der Waals surface area contributed by atoms with Gasteiger partial charge in [-0.2, -0.15) is 8.78 Å². The lowest BCUT2D eigenvalue weighted by molar-refractivity contribution is -0.127. The van der Waals surface area contributed by atoms with Gasteiger partial charge in [-0.15, -0.1) is 10.2 Å². The normalized spacial score (nSPS) is 11.0. The van der Waals surface area contributed by atoms with E-state index < -0.39 is 6.61 Å². The number of carbonyl (C=O) groups is 1. The Morgan fingerprint density at radius 2 is 1.88 bits per heavy atom. The molecule has 0 spiro atoms. The summed E-state index contributed by atoms with van der Waals surface area (Å²) in [6.45, 7) is 3.26. The zero-order chi connectivity index (χ0) is 24.1. The molecule has 0 atom stereocenters. The van der Waals surface area contributed by atoms with Crippen LogP contribution in [0.5, 0.6) is 11.5 Å². The van der Waals surface area contributed by atoms with Gasteiger partial charge in [0, 0.05) is 13.6 Å². The fourth-order valence-corrected chi connectivity index (χ4v) is 4.21. The third kappa shape index (κ3) is 6.01. The number of hydrogen-bond acceptors (Lipinski definition) is 6. The van der Waals surface area contributed by atoms with Gasteiger partial charge in [-0.25, -0.2) is 0 Å². The van der Waals surface area contributed by atoms with Gasteiger partial charge in [0.05, 0.1) is 18.6 Å². The Labute approximate surface area is 195 Å². The molecule has 1 aromatic heterocycles. The summed E-state index contributed by atoms with van der Waals surface area (Å²) in [6.07, 6.45) is 0. The average molecular weight is 477 g/mol. The molecule has 33 heavy (non-hydrogen) atoms. The van der Waals surface area contributed by atoms with E-state index in [-0.39, 0.29) is 29.7 Å². The average Bonchev–Trinajstić information content (AvgIpc) is 3.14. The fraction of sp³-hybridized carbons (Fsp3) is 0.348. The Bertz CT molecular complexity index is 1140. The van der Waals surface area contributed by atoms with Gasteiger partial charge in [0.25, 0.3) is 0 Å². The predicted molar refractivity (Wildman–Crippen MR) is 122 cm³/mol. The maximum Gasteiger partial charge on any atom is 0.387 e. The number of rotatable bonds is 9. The molecular weight excluding hydrogens is 450 g/mol. The van der Waals surface area contributed by atoms with E-state index in [1.54, 1.807) is 24.1 Å². The largest absolute Gasteiger partial charge is 0.493 e. The van der Waals surface area contributed by atoms with Crippen molar-refractivity contribution in [3.8, 4) is 17.2 Å². The molecule has 0 saturated heterocycles. The minimum atomic E-state index is -2.94. The molecule has 1 amide bonds. The molecule has 0 aliphatic carbocycles. The van der Waals surface area contributed by atoms with Crippen molar-refractivity contribution in [3.63, 3.8) is 0 Å². The summed E-state index contributed by atoms with van der Waals surface area (Å²) in [5.74, 6) is 0.927. The first-order valence-corrected chi connectivity index (χ1v) is 11.2. The van der Waals surface area contributed by atoms with Crippen molar-refractivity contribution in [3.05, 3.63) is 58.9 Å². The molecule has 0 aliphatic rings. The topological polar surface area (TPSA) is 69.5 Å². The molecule has 0 bridgehead atoms. The second kappa shape index (κ2) is 10.7. The third-order valence-electron chi connectivity index (χ3n) is 5.02. The smallest absolute Gasteiger partial charge is 0.387 e. The van der Waals surface area contributed by atoms with Gasteiger partial charge in [0.1, 0.15) is 5.82 Å². The molecule has 0 fully saturated rings. The van der Waals surface area contributed by atoms with E-state index in [4.69, 9.17) is 4.74 Å². The lowest BCUT2D eigenvalue weighted by Crippen LogP contribution is -2.28. The van der Waals surface area contributed by atoms with Crippen LogP contribution in [-0.4, -0.2) is 52.1 Å². The Hall–Kier alpha value is -3.14. The Balaban J connectivity index is 1.68. The summed E-state index contributed by atoms with van der Waals surface area (Å²) < 4.78 is 36.5. The number of aromatic nitrogens is 3. The Morgan fingerprint density at radius 3 is 2.58 bits per heavy atom. The van der Waals surface area contributed by atoms with Gasteiger partial charge in [-0.3, -0.25) is 9.36 Å². The fourth-order valence-electron chi connectivity index (χ4n) is 3.28. The molecule has 0 saturated carbocycles. The third-order valence-corrected chi connectivity index (χ3v) is 5.93. The number of benzene rings is 2. The first kappa shape index (κ1) is 24.5. The first-order valence-electron chi connectivity index (χ1n) is 10.2. The van der Waals surface area contributed by atoms with E-state index in [1.807, 2.05) is 37.5 Å². The molecule has 3 rings (SSSR count). The van der Waals surface area contributed by atoms with Gasteiger partial charge < -0.3 is 14.4 Å². The van der Waals surface area contributed by atoms with Crippen LogP contribution < -0.4 is 9.47 Å². The highest BCUT2D eigenvalue weighted by atomic mass is 32.2. The first-order chi connectivity index (χ1) is 15.7. The Morgan fingerprint density at radius 1 is 1.12 bits per heavy atom. The zero-order valence-corrected chi connectivity index (χ0v) is 19.9. The van der Waals surface area contributed by atoms with Crippen molar-refractivity contribution in [1.29, 1.82) is 0 Å². The quantitative estimate of drug-likeness (QED) is 0.422. The molecule has 176 valence electrons. The molecule has 1 heterocycles. The zero-order valence-electron chi connectivity index (χ0n) is 19.1. The van der Waals surface area contributed by atoms with Crippen LogP contribution in [0.3, 0.4) is 0 Å². The number of ether oxygens (including phenoxy) is 2. The van der Waals surface area contributed by atoms with Crippen LogP contribution in [0.2, 0.25) is 0 Å². The number of thioether (sulfide) groups is 1. The van der Waals surface area contributed by atoms with Crippen molar-refractivity contribution in [2.75, 3.05) is 19.9 Å². The SMILES string of the molecule is COc1cc(CN(C)C(=O)CSc2nnc(C)n2-c2cc(C)ccc2C)ccc1OC(F)F. The highest BCUT2D eigenvalue weighted by molar-refractivity contribution is 7.99. The summed E-state index contributed by atoms with van der Waals surface area (Å²) >= 11 is 1.31. The number of nitrogens with zero attached hydrogens (tertiary/aromatic N) is 4. The van der Waals surface area contributed by atoms with E-state index in [0.29, 0.717) is 5.16 Å². The maximum atomic E-state index is 12.8. The number of alkyl halides is 2. The number of hydrogen-bond donors (Lipinski definition) is 0. The Kier molecular flexibility index (Phi) is 7.91. The molecular formula is C23H26F2N4O3S. The van der Waals surface area contributed by atoms with E-state index in [0.717, 1.165) is 28.2 Å². The van der Waals surface area contributed by atoms with Gasteiger partial charge in [-0.05, 0) is 55.7 Å². The van der Waals surface area contributed by atoms with Crippen LogP contribution >= 0.6 is 11.8 Å². The predicted octanol–water partition coefficient (Wildman–Crippen LogP) is 4.55. The highest BCUT2D eigenvalue weighted by Crippen LogP contribution is 2.30.